The molecule has 1 fully saturated rings. The average Bonchev–Trinajstić information content (AvgIpc) is 2.93. The maximum absolute atomic E-state index is 13.2. The van der Waals surface area contributed by atoms with Gasteiger partial charge in [-0.3, -0.25) is 4.79 Å². The van der Waals surface area contributed by atoms with Gasteiger partial charge >= 0.3 is 6.09 Å². The fraction of sp³-hybridized carbons (Fsp3) is 0.158. The minimum atomic E-state index is -1.13. The van der Waals surface area contributed by atoms with E-state index in [9.17, 15) is 14.0 Å². The molecule has 1 saturated heterocycles. The third-order valence-electron chi connectivity index (χ3n) is 3.97. The smallest absolute Gasteiger partial charge is 0.404 e. The fourth-order valence-corrected chi connectivity index (χ4v) is 2.80. The number of amides is 2. The number of carbonyl (C=O) groups is 2. The number of halogens is 1. The van der Waals surface area contributed by atoms with Crippen LogP contribution in [0.4, 0.5) is 14.9 Å². The van der Waals surface area contributed by atoms with Gasteiger partial charge in [0.05, 0.1) is 6.04 Å². The third kappa shape index (κ3) is 4.23. The van der Waals surface area contributed by atoms with E-state index in [4.69, 9.17) is 5.11 Å². The normalized spacial score (nSPS) is 17.2. The topological polar surface area (TPSA) is 69.6 Å². The van der Waals surface area contributed by atoms with Crippen LogP contribution in [0.25, 0.3) is 12.2 Å². The van der Waals surface area contributed by atoms with Crippen molar-refractivity contribution in [1.82, 2.24) is 5.32 Å². The largest absolute Gasteiger partial charge is 0.465 e. The predicted octanol–water partition coefficient (Wildman–Crippen LogP) is 3.37. The fourth-order valence-electron chi connectivity index (χ4n) is 2.80. The summed E-state index contributed by atoms with van der Waals surface area (Å²) in [6, 6.07) is 13.3. The highest BCUT2D eigenvalue weighted by Crippen LogP contribution is 2.22. The SMILES string of the molecule is O=C(O)NC1CC(=O)N(c2ccc(/C=C/c3cccc(F)c3)cc2)C1. The number of nitrogens with one attached hydrogen (secondary N) is 1. The maximum atomic E-state index is 13.2. The number of carboxylic acid groups (broad SMARTS) is 1. The van der Waals surface area contributed by atoms with Crippen molar-refractivity contribution in [3.05, 3.63) is 65.5 Å². The minimum Gasteiger partial charge on any atom is -0.465 e. The first kappa shape index (κ1) is 16.7. The summed E-state index contributed by atoms with van der Waals surface area (Å²) >= 11 is 0. The summed E-state index contributed by atoms with van der Waals surface area (Å²) in [5.41, 5.74) is 2.41. The first-order valence-electron chi connectivity index (χ1n) is 7.85. The van der Waals surface area contributed by atoms with Gasteiger partial charge in [0, 0.05) is 18.7 Å². The van der Waals surface area contributed by atoms with Crippen LogP contribution in [0, 0.1) is 5.82 Å². The molecule has 0 spiro atoms. The van der Waals surface area contributed by atoms with Gasteiger partial charge in [0.1, 0.15) is 5.82 Å². The van der Waals surface area contributed by atoms with E-state index < -0.39 is 12.1 Å². The molecule has 1 aliphatic rings. The molecule has 0 aromatic heterocycles. The summed E-state index contributed by atoms with van der Waals surface area (Å²) in [5, 5.41) is 11.1. The molecular formula is C19H17FN2O3. The molecule has 0 bridgehead atoms. The molecule has 2 aromatic rings. The summed E-state index contributed by atoms with van der Waals surface area (Å²) in [4.78, 5) is 24.3. The predicted molar refractivity (Wildman–Crippen MR) is 93.7 cm³/mol. The van der Waals surface area contributed by atoms with Crippen molar-refractivity contribution in [2.24, 2.45) is 0 Å². The van der Waals surface area contributed by atoms with Crippen molar-refractivity contribution in [2.75, 3.05) is 11.4 Å². The minimum absolute atomic E-state index is 0.109. The van der Waals surface area contributed by atoms with E-state index in [1.54, 1.807) is 11.0 Å². The second-order valence-electron chi connectivity index (χ2n) is 5.83. The first-order chi connectivity index (χ1) is 12.0. The van der Waals surface area contributed by atoms with Crippen LogP contribution in [0.15, 0.2) is 48.5 Å². The second kappa shape index (κ2) is 7.17. The van der Waals surface area contributed by atoms with Crippen molar-refractivity contribution in [3.63, 3.8) is 0 Å². The molecule has 2 aromatic carbocycles. The highest BCUT2D eigenvalue weighted by atomic mass is 19.1. The van der Waals surface area contributed by atoms with E-state index in [1.165, 1.54) is 12.1 Å². The van der Waals surface area contributed by atoms with Crippen LogP contribution in [0.1, 0.15) is 17.5 Å². The van der Waals surface area contributed by atoms with E-state index in [-0.39, 0.29) is 18.1 Å². The van der Waals surface area contributed by atoms with Crippen LogP contribution >= 0.6 is 0 Å². The number of carbonyl (C=O) groups excluding carboxylic acids is 1. The standard InChI is InChI=1S/C19H17FN2O3/c20-15-3-1-2-14(10-15)5-4-13-6-8-17(9-7-13)22-12-16(11-18(22)23)21-19(24)25/h1-10,16,21H,11-12H2,(H,24,25)/b5-4+. The summed E-state index contributed by atoms with van der Waals surface area (Å²) in [6.45, 7) is 0.323. The molecule has 5 nitrogen and oxygen atoms in total. The lowest BCUT2D eigenvalue weighted by Gasteiger charge is -2.16. The van der Waals surface area contributed by atoms with Crippen LogP contribution in [-0.4, -0.2) is 29.7 Å². The number of rotatable bonds is 4. The molecule has 2 N–H and O–H groups in total. The highest BCUT2D eigenvalue weighted by molar-refractivity contribution is 5.96. The molecule has 3 rings (SSSR count). The molecule has 25 heavy (non-hydrogen) atoms. The molecule has 1 atom stereocenters. The molecule has 0 saturated carbocycles. The molecule has 0 radical (unpaired) electrons. The summed E-state index contributed by atoms with van der Waals surface area (Å²) in [6.07, 6.45) is 2.70. The molecule has 0 aliphatic carbocycles. The summed E-state index contributed by atoms with van der Waals surface area (Å²) in [7, 11) is 0. The quantitative estimate of drug-likeness (QED) is 0.839. The molecule has 1 unspecified atom stereocenters. The van der Waals surface area contributed by atoms with Crippen molar-refractivity contribution < 1.29 is 19.1 Å². The van der Waals surface area contributed by atoms with Gasteiger partial charge in [0.15, 0.2) is 0 Å². The zero-order valence-corrected chi connectivity index (χ0v) is 13.4. The van der Waals surface area contributed by atoms with Gasteiger partial charge in [-0.15, -0.1) is 0 Å². The molecule has 2 amide bonds. The Morgan fingerprint density at radius 1 is 1.16 bits per heavy atom. The van der Waals surface area contributed by atoms with Crippen LogP contribution < -0.4 is 10.2 Å². The zero-order chi connectivity index (χ0) is 17.8. The summed E-state index contributed by atoms with van der Waals surface area (Å²) < 4.78 is 13.2. The Balaban J connectivity index is 1.68. The van der Waals surface area contributed by atoms with Crippen molar-refractivity contribution in [1.29, 1.82) is 0 Å². The lowest BCUT2D eigenvalue weighted by molar-refractivity contribution is -0.117. The van der Waals surface area contributed by atoms with E-state index in [2.05, 4.69) is 5.32 Å². The number of anilines is 1. The number of hydrogen-bond acceptors (Lipinski definition) is 2. The Kier molecular flexibility index (Phi) is 4.79. The van der Waals surface area contributed by atoms with Crippen molar-refractivity contribution >= 4 is 29.8 Å². The van der Waals surface area contributed by atoms with Gasteiger partial charge in [-0.25, -0.2) is 9.18 Å². The van der Waals surface area contributed by atoms with E-state index in [0.717, 1.165) is 16.8 Å². The lowest BCUT2D eigenvalue weighted by Crippen LogP contribution is -2.36. The Morgan fingerprint density at radius 3 is 2.56 bits per heavy atom. The van der Waals surface area contributed by atoms with Crippen LogP contribution in [0.5, 0.6) is 0 Å². The monoisotopic (exact) mass is 340 g/mol. The molecule has 6 heteroatoms. The van der Waals surface area contributed by atoms with E-state index in [1.807, 2.05) is 42.5 Å². The number of benzene rings is 2. The van der Waals surface area contributed by atoms with Gasteiger partial charge in [0.2, 0.25) is 5.91 Å². The Morgan fingerprint density at radius 2 is 1.88 bits per heavy atom. The lowest BCUT2D eigenvalue weighted by atomic mass is 10.1. The van der Waals surface area contributed by atoms with Crippen LogP contribution in [-0.2, 0) is 4.79 Å². The van der Waals surface area contributed by atoms with Crippen molar-refractivity contribution in [2.45, 2.75) is 12.5 Å². The third-order valence-corrected chi connectivity index (χ3v) is 3.97. The number of nitrogens with zero attached hydrogens (tertiary/aromatic N) is 1. The summed E-state index contributed by atoms with van der Waals surface area (Å²) in [5.74, 6) is -0.392. The van der Waals surface area contributed by atoms with Gasteiger partial charge in [-0.2, -0.15) is 0 Å². The van der Waals surface area contributed by atoms with Crippen molar-refractivity contribution in [3.8, 4) is 0 Å². The van der Waals surface area contributed by atoms with Gasteiger partial charge in [-0.05, 0) is 35.4 Å². The van der Waals surface area contributed by atoms with E-state index in [0.29, 0.717) is 6.54 Å². The number of hydrogen-bond donors (Lipinski definition) is 2. The highest BCUT2D eigenvalue weighted by Gasteiger charge is 2.31. The van der Waals surface area contributed by atoms with E-state index >= 15 is 0 Å². The van der Waals surface area contributed by atoms with Gasteiger partial charge < -0.3 is 15.3 Å². The molecule has 1 heterocycles. The molecule has 1 aliphatic heterocycles. The maximum Gasteiger partial charge on any atom is 0.404 e. The Labute approximate surface area is 144 Å². The zero-order valence-electron chi connectivity index (χ0n) is 13.4. The van der Waals surface area contributed by atoms with Crippen LogP contribution in [0.2, 0.25) is 0 Å². The first-order valence-corrected chi connectivity index (χ1v) is 7.85. The van der Waals surface area contributed by atoms with Crippen LogP contribution in [0.3, 0.4) is 0 Å². The van der Waals surface area contributed by atoms with Gasteiger partial charge in [-0.1, -0.05) is 36.4 Å². The Hall–Kier alpha value is -3.15. The van der Waals surface area contributed by atoms with Gasteiger partial charge in [0.25, 0.3) is 0 Å². The molecular weight excluding hydrogens is 323 g/mol. The average molecular weight is 340 g/mol. The Bertz CT molecular complexity index is 818. The second-order valence-corrected chi connectivity index (χ2v) is 5.83. The molecule has 128 valence electrons.